The third-order valence-electron chi connectivity index (χ3n) is 3.94. The van der Waals surface area contributed by atoms with Crippen molar-refractivity contribution < 1.29 is 9.59 Å². The highest BCUT2D eigenvalue weighted by molar-refractivity contribution is 7.21. The fourth-order valence-corrected chi connectivity index (χ4v) is 3.77. The molecule has 0 aliphatic heterocycles. The molecule has 122 valence electrons. The molecule has 0 saturated carbocycles. The first-order valence-electron chi connectivity index (χ1n) is 7.64. The van der Waals surface area contributed by atoms with Gasteiger partial charge in [-0.25, -0.2) is 0 Å². The van der Waals surface area contributed by atoms with E-state index in [0.29, 0.717) is 16.3 Å². The van der Waals surface area contributed by atoms with Gasteiger partial charge < -0.3 is 10.6 Å². The molecular formula is C19H18N2O2S. The lowest BCUT2D eigenvalue weighted by Crippen LogP contribution is -2.14. The third-order valence-corrected chi connectivity index (χ3v) is 5.21. The lowest BCUT2D eigenvalue weighted by atomic mass is 10.1. The van der Waals surface area contributed by atoms with Crippen molar-refractivity contribution in [1.29, 1.82) is 0 Å². The summed E-state index contributed by atoms with van der Waals surface area (Å²) in [6, 6.07) is 13.5. The Morgan fingerprint density at radius 3 is 2.21 bits per heavy atom. The van der Waals surface area contributed by atoms with Crippen molar-refractivity contribution >= 4 is 44.6 Å². The topological polar surface area (TPSA) is 58.2 Å². The summed E-state index contributed by atoms with van der Waals surface area (Å²) < 4.78 is 1.10. The average molecular weight is 338 g/mol. The molecule has 3 aromatic rings. The molecule has 2 N–H and O–H groups in total. The molecule has 0 atom stereocenters. The van der Waals surface area contributed by atoms with Gasteiger partial charge in [-0.15, -0.1) is 11.3 Å². The molecule has 1 aromatic heterocycles. The van der Waals surface area contributed by atoms with Crippen molar-refractivity contribution in [2.24, 2.45) is 0 Å². The minimum Gasteiger partial charge on any atom is -0.326 e. The SMILES string of the molecule is CC(=O)Nc1cccc(NC(=O)c2sc3ccccc3c2C)c1C. The molecule has 5 heteroatoms. The molecular weight excluding hydrogens is 320 g/mol. The van der Waals surface area contributed by atoms with Gasteiger partial charge in [0.25, 0.3) is 5.91 Å². The van der Waals surface area contributed by atoms with Crippen LogP contribution in [0.1, 0.15) is 27.7 Å². The molecule has 0 unspecified atom stereocenters. The van der Waals surface area contributed by atoms with Crippen LogP contribution in [0.2, 0.25) is 0 Å². The zero-order valence-electron chi connectivity index (χ0n) is 13.8. The van der Waals surface area contributed by atoms with Crippen molar-refractivity contribution in [2.75, 3.05) is 10.6 Å². The predicted octanol–water partition coefficient (Wildman–Crippen LogP) is 4.73. The Hall–Kier alpha value is -2.66. The van der Waals surface area contributed by atoms with Crippen LogP contribution in [0.25, 0.3) is 10.1 Å². The first-order chi connectivity index (χ1) is 11.5. The quantitative estimate of drug-likeness (QED) is 0.725. The lowest BCUT2D eigenvalue weighted by molar-refractivity contribution is -0.114. The number of hydrogen-bond donors (Lipinski definition) is 2. The van der Waals surface area contributed by atoms with Crippen LogP contribution in [-0.4, -0.2) is 11.8 Å². The number of carbonyl (C=O) groups excluding carboxylic acids is 2. The summed E-state index contributed by atoms with van der Waals surface area (Å²) in [4.78, 5) is 24.7. The van der Waals surface area contributed by atoms with Crippen LogP contribution in [0, 0.1) is 13.8 Å². The van der Waals surface area contributed by atoms with Crippen molar-refractivity contribution in [2.45, 2.75) is 20.8 Å². The average Bonchev–Trinajstić information content (AvgIpc) is 2.88. The van der Waals surface area contributed by atoms with Gasteiger partial charge in [0.2, 0.25) is 5.91 Å². The molecule has 1 heterocycles. The van der Waals surface area contributed by atoms with E-state index in [1.807, 2.05) is 56.3 Å². The fraction of sp³-hybridized carbons (Fsp3) is 0.158. The molecule has 0 radical (unpaired) electrons. The Kier molecular flexibility index (Phi) is 4.36. The highest BCUT2D eigenvalue weighted by Gasteiger charge is 2.16. The molecule has 0 saturated heterocycles. The highest BCUT2D eigenvalue weighted by Crippen LogP contribution is 2.32. The second-order valence-corrected chi connectivity index (χ2v) is 6.72. The van der Waals surface area contributed by atoms with Crippen LogP contribution < -0.4 is 10.6 Å². The Balaban J connectivity index is 1.92. The summed E-state index contributed by atoms with van der Waals surface area (Å²) in [7, 11) is 0. The van der Waals surface area contributed by atoms with Gasteiger partial charge in [0.1, 0.15) is 0 Å². The highest BCUT2D eigenvalue weighted by atomic mass is 32.1. The minimum atomic E-state index is -0.137. The van der Waals surface area contributed by atoms with Crippen LogP contribution in [-0.2, 0) is 4.79 Å². The summed E-state index contributed by atoms with van der Waals surface area (Å²) in [5.41, 5.74) is 3.22. The Labute approximate surface area is 144 Å². The molecule has 0 aliphatic carbocycles. The molecule has 0 bridgehead atoms. The van der Waals surface area contributed by atoms with Gasteiger partial charge in [0.15, 0.2) is 0 Å². The molecule has 3 rings (SSSR count). The number of nitrogens with one attached hydrogen (secondary N) is 2. The van der Waals surface area contributed by atoms with E-state index in [-0.39, 0.29) is 11.8 Å². The number of thiophene rings is 1. The maximum atomic E-state index is 12.7. The summed E-state index contributed by atoms with van der Waals surface area (Å²) in [6.45, 7) is 5.30. The first kappa shape index (κ1) is 16.2. The van der Waals surface area contributed by atoms with Gasteiger partial charge in [-0.1, -0.05) is 24.3 Å². The minimum absolute atomic E-state index is 0.128. The zero-order chi connectivity index (χ0) is 17.3. The second kappa shape index (κ2) is 6.45. The van der Waals surface area contributed by atoms with E-state index in [4.69, 9.17) is 0 Å². The fourth-order valence-electron chi connectivity index (χ4n) is 2.67. The number of rotatable bonds is 3. The molecule has 2 aromatic carbocycles. The lowest BCUT2D eigenvalue weighted by Gasteiger charge is -2.12. The number of aryl methyl sites for hydroxylation is 1. The Bertz CT molecular complexity index is 944. The number of fused-ring (bicyclic) bond motifs is 1. The summed E-state index contributed by atoms with van der Waals surface area (Å²) in [5.74, 6) is -0.265. The monoisotopic (exact) mass is 338 g/mol. The Morgan fingerprint density at radius 1 is 0.875 bits per heavy atom. The molecule has 0 spiro atoms. The number of amides is 2. The number of benzene rings is 2. The maximum absolute atomic E-state index is 12.7. The standard InChI is InChI=1S/C19H18N2O2S/c1-11-14-7-4-5-10-17(14)24-18(11)19(23)21-16-9-6-8-15(12(16)2)20-13(3)22/h4-10H,1-3H3,(H,20,22)(H,21,23). The van der Waals surface area contributed by atoms with Gasteiger partial charge in [0.05, 0.1) is 4.88 Å². The van der Waals surface area contributed by atoms with Crippen LogP contribution in [0.3, 0.4) is 0 Å². The Morgan fingerprint density at radius 2 is 1.54 bits per heavy atom. The first-order valence-corrected chi connectivity index (χ1v) is 8.45. The van der Waals surface area contributed by atoms with E-state index >= 15 is 0 Å². The second-order valence-electron chi connectivity index (χ2n) is 5.67. The van der Waals surface area contributed by atoms with Crippen LogP contribution in [0.5, 0.6) is 0 Å². The largest absolute Gasteiger partial charge is 0.326 e. The number of carbonyl (C=O) groups is 2. The van der Waals surface area contributed by atoms with E-state index < -0.39 is 0 Å². The predicted molar refractivity (Wildman–Crippen MR) is 100.0 cm³/mol. The molecule has 4 nitrogen and oxygen atoms in total. The van der Waals surface area contributed by atoms with Crippen LogP contribution in [0.15, 0.2) is 42.5 Å². The van der Waals surface area contributed by atoms with Crippen LogP contribution in [0.4, 0.5) is 11.4 Å². The van der Waals surface area contributed by atoms with Crippen molar-refractivity contribution in [3.8, 4) is 0 Å². The van der Waals surface area contributed by atoms with E-state index in [9.17, 15) is 9.59 Å². The van der Waals surface area contributed by atoms with Crippen molar-refractivity contribution in [1.82, 2.24) is 0 Å². The van der Waals surface area contributed by atoms with Gasteiger partial charge in [0, 0.05) is 23.0 Å². The van der Waals surface area contributed by atoms with Gasteiger partial charge >= 0.3 is 0 Å². The number of hydrogen-bond acceptors (Lipinski definition) is 3. The zero-order valence-corrected chi connectivity index (χ0v) is 14.6. The van der Waals surface area contributed by atoms with Crippen LogP contribution >= 0.6 is 11.3 Å². The summed E-state index contributed by atoms with van der Waals surface area (Å²) >= 11 is 1.49. The van der Waals surface area contributed by atoms with Crippen molar-refractivity contribution in [3.63, 3.8) is 0 Å². The van der Waals surface area contributed by atoms with Gasteiger partial charge in [-0.3, -0.25) is 9.59 Å². The summed E-state index contributed by atoms with van der Waals surface area (Å²) in [5, 5.41) is 6.84. The normalized spacial score (nSPS) is 10.6. The number of anilines is 2. The van der Waals surface area contributed by atoms with Gasteiger partial charge in [-0.2, -0.15) is 0 Å². The smallest absolute Gasteiger partial charge is 0.266 e. The van der Waals surface area contributed by atoms with E-state index in [1.54, 1.807) is 0 Å². The van der Waals surface area contributed by atoms with E-state index in [1.165, 1.54) is 18.3 Å². The van der Waals surface area contributed by atoms with E-state index in [2.05, 4.69) is 10.6 Å². The van der Waals surface area contributed by atoms with E-state index in [0.717, 1.165) is 21.2 Å². The van der Waals surface area contributed by atoms with Gasteiger partial charge in [-0.05, 0) is 48.6 Å². The maximum Gasteiger partial charge on any atom is 0.266 e. The molecule has 24 heavy (non-hydrogen) atoms. The van der Waals surface area contributed by atoms with Crippen molar-refractivity contribution in [3.05, 3.63) is 58.5 Å². The molecule has 0 fully saturated rings. The molecule has 2 amide bonds. The third kappa shape index (κ3) is 3.03. The summed E-state index contributed by atoms with van der Waals surface area (Å²) in [6.07, 6.45) is 0. The molecule has 0 aliphatic rings.